The predicted molar refractivity (Wildman–Crippen MR) is 55.3 cm³/mol. The Labute approximate surface area is 89.2 Å². The lowest BCUT2D eigenvalue weighted by atomic mass is 10.0. The van der Waals surface area contributed by atoms with Crippen LogP contribution in [0.25, 0.3) is 0 Å². The molecule has 0 aromatic carbocycles. The first-order valence-electron chi connectivity index (χ1n) is 5.27. The molecule has 0 aromatic heterocycles. The summed E-state index contributed by atoms with van der Waals surface area (Å²) in [6, 6.07) is -0.169. The summed E-state index contributed by atoms with van der Waals surface area (Å²) >= 11 is 0. The molecular weight excluding hydrogens is 194 g/mol. The smallest absolute Gasteiger partial charge is 0.229 e. The average molecular weight is 211 g/mol. The van der Waals surface area contributed by atoms with Crippen molar-refractivity contribution in [2.24, 2.45) is 5.41 Å². The maximum Gasteiger partial charge on any atom is 0.229 e. The highest BCUT2D eigenvalue weighted by Gasteiger charge is 2.54. The van der Waals surface area contributed by atoms with Crippen LogP contribution in [0.3, 0.4) is 0 Å². The molecule has 15 heavy (non-hydrogen) atoms. The van der Waals surface area contributed by atoms with Gasteiger partial charge in [-0.2, -0.15) is 5.48 Å². The summed E-state index contributed by atoms with van der Waals surface area (Å²) in [6.45, 7) is 2.35. The van der Waals surface area contributed by atoms with E-state index in [2.05, 4.69) is 5.48 Å². The zero-order valence-electron chi connectivity index (χ0n) is 9.17. The van der Waals surface area contributed by atoms with Gasteiger partial charge in [0.2, 0.25) is 11.8 Å². The Morgan fingerprint density at radius 3 is 2.73 bits per heavy atom. The van der Waals surface area contributed by atoms with Crippen LogP contribution in [-0.4, -0.2) is 36.3 Å². The number of amides is 1. The molecule has 2 aliphatic rings. The molecule has 2 rings (SSSR count). The first-order valence-corrected chi connectivity index (χ1v) is 5.27. The van der Waals surface area contributed by atoms with Crippen molar-refractivity contribution in [2.75, 3.05) is 13.6 Å². The number of nitrogens with one attached hydrogen (secondary N) is 2. The van der Waals surface area contributed by atoms with E-state index in [1.807, 2.05) is 0 Å². The van der Waals surface area contributed by atoms with Gasteiger partial charge in [0.15, 0.2) is 0 Å². The topological polar surface area (TPSA) is 65.4 Å². The van der Waals surface area contributed by atoms with Crippen LogP contribution in [0.2, 0.25) is 0 Å². The van der Waals surface area contributed by atoms with Crippen LogP contribution < -0.4 is 5.48 Å². The fourth-order valence-electron chi connectivity index (χ4n) is 2.34. The monoisotopic (exact) mass is 211 g/mol. The summed E-state index contributed by atoms with van der Waals surface area (Å²) in [6.07, 6.45) is 3.24. The lowest BCUT2D eigenvalue weighted by Crippen LogP contribution is -2.41. The summed E-state index contributed by atoms with van der Waals surface area (Å²) in [5.41, 5.74) is 2.79. The van der Waals surface area contributed by atoms with E-state index >= 15 is 0 Å². The van der Waals surface area contributed by atoms with Gasteiger partial charge in [-0.25, -0.2) is 0 Å². The third-order valence-electron chi connectivity index (χ3n) is 3.38. The molecule has 2 N–H and O–H groups in total. The zero-order chi connectivity index (χ0) is 11.1. The van der Waals surface area contributed by atoms with Crippen LogP contribution in [0.15, 0.2) is 0 Å². The van der Waals surface area contributed by atoms with Crippen LogP contribution in [-0.2, 0) is 9.63 Å². The Bertz CT molecular complexity index is 299. The lowest BCUT2D eigenvalue weighted by Gasteiger charge is -2.22. The van der Waals surface area contributed by atoms with Crippen LogP contribution in [0, 0.1) is 10.8 Å². The summed E-state index contributed by atoms with van der Waals surface area (Å²) < 4.78 is 0. The highest BCUT2D eigenvalue weighted by Crippen LogP contribution is 2.54. The molecule has 0 aromatic rings. The number of rotatable bonds is 2. The van der Waals surface area contributed by atoms with Gasteiger partial charge in [0.05, 0.1) is 0 Å². The van der Waals surface area contributed by atoms with E-state index in [-0.39, 0.29) is 17.8 Å². The Hall–Kier alpha value is -1.10. The normalized spacial score (nSPS) is 26.8. The van der Waals surface area contributed by atoms with Crippen molar-refractivity contribution in [2.45, 2.75) is 32.2 Å². The van der Waals surface area contributed by atoms with E-state index in [1.165, 1.54) is 12.8 Å². The SMILES string of the molecule is CNOC(=N)[C@@H]1CC2(CC2)CN1C(C)=O. The summed E-state index contributed by atoms with van der Waals surface area (Å²) in [5, 5.41) is 7.74. The largest absolute Gasteiger partial charge is 0.392 e. The summed E-state index contributed by atoms with van der Waals surface area (Å²) in [4.78, 5) is 18.2. The van der Waals surface area contributed by atoms with Crippen molar-refractivity contribution >= 4 is 11.8 Å². The maximum absolute atomic E-state index is 11.4. The average Bonchev–Trinajstić information content (AvgIpc) is 2.77. The van der Waals surface area contributed by atoms with Gasteiger partial charge in [0.1, 0.15) is 6.04 Å². The van der Waals surface area contributed by atoms with E-state index in [0.717, 1.165) is 13.0 Å². The highest BCUT2D eigenvalue weighted by atomic mass is 16.7. The van der Waals surface area contributed by atoms with E-state index in [4.69, 9.17) is 10.2 Å². The van der Waals surface area contributed by atoms with E-state index in [0.29, 0.717) is 5.41 Å². The first kappa shape index (κ1) is 10.4. The molecule has 1 heterocycles. The third kappa shape index (κ3) is 1.84. The van der Waals surface area contributed by atoms with E-state index in [1.54, 1.807) is 18.9 Å². The quantitative estimate of drug-likeness (QED) is 0.397. The minimum atomic E-state index is -0.169. The van der Waals surface area contributed by atoms with E-state index in [9.17, 15) is 4.79 Å². The van der Waals surface area contributed by atoms with Gasteiger partial charge in [-0.15, -0.1) is 0 Å². The molecule has 84 valence electrons. The van der Waals surface area contributed by atoms with Crippen LogP contribution in [0.4, 0.5) is 0 Å². The van der Waals surface area contributed by atoms with E-state index < -0.39 is 0 Å². The first-order chi connectivity index (χ1) is 7.08. The fourth-order valence-corrected chi connectivity index (χ4v) is 2.34. The van der Waals surface area contributed by atoms with Gasteiger partial charge in [0.25, 0.3) is 0 Å². The predicted octanol–water partition coefficient (Wildman–Crippen LogP) is 0.516. The number of carbonyl (C=O) groups is 1. The molecule has 1 saturated carbocycles. The molecule has 0 radical (unpaired) electrons. The number of hydrogen-bond donors (Lipinski definition) is 2. The van der Waals surface area contributed by atoms with Gasteiger partial charge < -0.3 is 9.74 Å². The standard InChI is InChI=1S/C10H17N3O2/c1-7(14)13-6-10(3-4-10)5-8(13)9(11)15-12-2/h8,11-12H,3-6H2,1-2H3/t8-/m0/s1. The number of hydrogen-bond acceptors (Lipinski definition) is 4. The Morgan fingerprint density at radius 1 is 1.60 bits per heavy atom. The van der Waals surface area contributed by atoms with Crippen molar-refractivity contribution in [3.05, 3.63) is 0 Å². The second-order valence-electron chi connectivity index (χ2n) is 4.54. The second kappa shape index (κ2) is 3.48. The van der Waals surface area contributed by atoms with Gasteiger partial charge >= 0.3 is 0 Å². The van der Waals surface area contributed by atoms with Crippen molar-refractivity contribution in [3.8, 4) is 0 Å². The van der Waals surface area contributed by atoms with Gasteiger partial charge in [-0.05, 0) is 24.7 Å². The maximum atomic E-state index is 11.4. The van der Waals surface area contributed by atoms with Crippen LogP contribution in [0.5, 0.6) is 0 Å². The molecule has 1 atom stereocenters. The van der Waals surface area contributed by atoms with Gasteiger partial charge in [-0.1, -0.05) is 0 Å². The minimum Gasteiger partial charge on any atom is -0.392 e. The van der Waals surface area contributed by atoms with Crippen molar-refractivity contribution in [1.29, 1.82) is 5.41 Å². The second-order valence-corrected chi connectivity index (χ2v) is 4.54. The Kier molecular flexibility index (Phi) is 2.42. The zero-order valence-corrected chi connectivity index (χ0v) is 9.17. The number of likely N-dealkylation sites (tertiary alicyclic amines) is 1. The molecule has 2 fully saturated rings. The Balaban J connectivity index is 2.08. The minimum absolute atomic E-state index is 0.0354. The molecule has 0 unspecified atom stereocenters. The Morgan fingerprint density at radius 2 is 2.27 bits per heavy atom. The van der Waals surface area contributed by atoms with Gasteiger partial charge in [-0.3, -0.25) is 10.2 Å². The molecule has 0 bridgehead atoms. The molecule has 1 spiro atoms. The number of nitrogens with zero attached hydrogens (tertiary/aromatic N) is 1. The molecule has 1 amide bonds. The third-order valence-corrected chi connectivity index (χ3v) is 3.38. The molecule has 1 saturated heterocycles. The molecular formula is C10H17N3O2. The molecule has 1 aliphatic carbocycles. The van der Waals surface area contributed by atoms with Crippen molar-refractivity contribution in [1.82, 2.24) is 10.4 Å². The highest BCUT2D eigenvalue weighted by molar-refractivity contribution is 5.85. The number of carbonyl (C=O) groups excluding carboxylic acids is 1. The summed E-state index contributed by atoms with van der Waals surface area (Å²) in [5.74, 6) is 0.185. The molecule has 1 aliphatic heterocycles. The molecule has 5 heteroatoms. The molecule has 5 nitrogen and oxygen atoms in total. The summed E-state index contributed by atoms with van der Waals surface area (Å²) in [7, 11) is 1.62. The number of hydroxylamine groups is 1. The fraction of sp³-hybridized carbons (Fsp3) is 0.800. The van der Waals surface area contributed by atoms with Crippen LogP contribution >= 0.6 is 0 Å². The van der Waals surface area contributed by atoms with Crippen molar-refractivity contribution < 1.29 is 9.63 Å². The lowest BCUT2D eigenvalue weighted by molar-refractivity contribution is -0.129. The van der Waals surface area contributed by atoms with Crippen molar-refractivity contribution in [3.63, 3.8) is 0 Å². The van der Waals surface area contributed by atoms with Crippen LogP contribution in [0.1, 0.15) is 26.2 Å². The van der Waals surface area contributed by atoms with Gasteiger partial charge in [0, 0.05) is 20.5 Å².